The van der Waals surface area contributed by atoms with Crippen LogP contribution in [0.15, 0.2) is 12.4 Å². The number of hydrogen-bond acceptors (Lipinski definition) is 2. The molecule has 3 nitrogen and oxygen atoms in total. The van der Waals surface area contributed by atoms with Gasteiger partial charge in [-0.15, -0.1) is 0 Å². The van der Waals surface area contributed by atoms with Crippen molar-refractivity contribution >= 4 is 0 Å². The Labute approximate surface area is 111 Å². The largest absolute Gasteiger partial charge is 0.334 e. The van der Waals surface area contributed by atoms with Gasteiger partial charge in [-0.3, -0.25) is 0 Å². The molecule has 2 rings (SSSR count). The molecule has 0 saturated heterocycles. The van der Waals surface area contributed by atoms with Gasteiger partial charge in [-0.25, -0.2) is 4.98 Å². The van der Waals surface area contributed by atoms with Crippen molar-refractivity contribution in [3.8, 4) is 0 Å². The summed E-state index contributed by atoms with van der Waals surface area (Å²) in [5.74, 6) is 2.00. The fraction of sp³-hybridized carbons (Fsp3) is 0.800. The van der Waals surface area contributed by atoms with E-state index in [1.165, 1.54) is 38.5 Å². The second-order valence-corrected chi connectivity index (χ2v) is 5.66. The fourth-order valence-electron chi connectivity index (χ4n) is 3.03. The molecule has 1 fully saturated rings. The first-order chi connectivity index (χ1) is 8.77. The average Bonchev–Trinajstić information content (AvgIpc) is 2.64. The Balaban J connectivity index is 1.70. The normalized spacial score (nSPS) is 19.7. The first kappa shape index (κ1) is 13.6. The lowest BCUT2D eigenvalue weighted by atomic mass is 9.93. The van der Waals surface area contributed by atoms with Gasteiger partial charge in [0.2, 0.25) is 0 Å². The maximum absolute atomic E-state index is 4.25. The predicted octanol–water partition coefficient (Wildman–Crippen LogP) is 3.14. The summed E-state index contributed by atoms with van der Waals surface area (Å²) >= 11 is 0. The summed E-state index contributed by atoms with van der Waals surface area (Å²) < 4.78 is 2.22. The SMILES string of the molecule is Cc1nccn1CCN[C@H](C)C1CCCCCC1. The number of aryl methyl sites for hydroxylation is 1. The first-order valence-electron chi connectivity index (χ1n) is 7.48. The molecule has 1 N–H and O–H groups in total. The summed E-state index contributed by atoms with van der Waals surface area (Å²) in [5.41, 5.74) is 0. The number of aromatic nitrogens is 2. The van der Waals surface area contributed by atoms with Crippen molar-refractivity contribution in [3.63, 3.8) is 0 Å². The molecule has 0 spiro atoms. The second kappa shape index (κ2) is 6.93. The van der Waals surface area contributed by atoms with Gasteiger partial charge in [-0.2, -0.15) is 0 Å². The Morgan fingerprint density at radius 3 is 2.67 bits per heavy atom. The van der Waals surface area contributed by atoms with Crippen LogP contribution in [-0.4, -0.2) is 22.1 Å². The number of nitrogens with one attached hydrogen (secondary N) is 1. The van der Waals surface area contributed by atoms with Crippen LogP contribution in [0.5, 0.6) is 0 Å². The summed E-state index contributed by atoms with van der Waals surface area (Å²) in [7, 11) is 0. The topological polar surface area (TPSA) is 29.9 Å². The molecule has 1 aromatic rings. The van der Waals surface area contributed by atoms with Gasteiger partial charge in [0, 0.05) is 31.5 Å². The maximum atomic E-state index is 4.25. The van der Waals surface area contributed by atoms with Crippen LogP contribution in [0.2, 0.25) is 0 Å². The van der Waals surface area contributed by atoms with Crippen LogP contribution in [0.3, 0.4) is 0 Å². The molecule has 3 heteroatoms. The highest BCUT2D eigenvalue weighted by molar-refractivity contribution is 4.88. The number of nitrogens with zero attached hydrogens (tertiary/aromatic N) is 2. The first-order valence-corrected chi connectivity index (χ1v) is 7.48. The third-order valence-electron chi connectivity index (χ3n) is 4.35. The molecule has 1 aliphatic carbocycles. The van der Waals surface area contributed by atoms with Crippen LogP contribution >= 0.6 is 0 Å². The van der Waals surface area contributed by atoms with E-state index in [0.29, 0.717) is 6.04 Å². The minimum atomic E-state index is 0.659. The quantitative estimate of drug-likeness (QED) is 0.812. The minimum absolute atomic E-state index is 0.659. The average molecular weight is 249 g/mol. The van der Waals surface area contributed by atoms with E-state index in [4.69, 9.17) is 0 Å². The van der Waals surface area contributed by atoms with E-state index in [2.05, 4.69) is 34.9 Å². The molecule has 102 valence electrons. The van der Waals surface area contributed by atoms with Crippen molar-refractivity contribution in [2.75, 3.05) is 6.54 Å². The third kappa shape index (κ3) is 3.84. The summed E-state index contributed by atoms with van der Waals surface area (Å²) in [4.78, 5) is 4.25. The van der Waals surface area contributed by atoms with Gasteiger partial charge in [0.25, 0.3) is 0 Å². The molecule has 0 unspecified atom stereocenters. The van der Waals surface area contributed by atoms with E-state index < -0.39 is 0 Å². The smallest absolute Gasteiger partial charge is 0.105 e. The van der Waals surface area contributed by atoms with Crippen LogP contribution in [0.4, 0.5) is 0 Å². The summed E-state index contributed by atoms with van der Waals surface area (Å²) in [5, 5.41) is 3.70. The second-order valence-electron chi connectivity index (χ2n) is 5.66. The monoisotopic (exact) mass is 249 g/mol. The number of imidazole rings is 1. The molecule has 1 atom stereocenters. The Hall–Kier alpha value is -0.830. The Kier molecular flexibility index (Phi) is 5.24. The lowest BCUT2D eigenvalue weighted by Gasteiger charge is -2.23. The van der Waals surface area contributed by atoms with Crippen LogP contribution in [0.25, 0.3) is 0 Å². The molecule has 1 aromatic heterocycles. The van der Waals surface area contributed by atoms with Crippen LogP contribution in [-0.2, 0) is 6.54 Å². The van der Waals surface area contributed by atoms with Gasteiger partial charge in [-0.1, -0.05) is 25.7 Å². The molecular formula is C15H27N3. The van der Waals surface area contributed by atoms with Crippen molar-refractivity contribution in [1.82, 2.24) is 14.9 Å². The van der Waals surface area contributed by atoms with Gasteiger partial charge in [-0.05, 0) is 32.6 Å². The van der Waals surface area contributed by atoms with E-state index in [9.17, 15) is 0 Å². The van der Waals surface area contributed by atoms with Crippen molar-refractivity contribution in [1.29, 1.82) is 0 Å². The van der Waals surface area contributed by atoms with Crippen molar-refractivity contribution < 1.29 is 0 Å². The zero-order valence-corrected chi connectivity index (χ0v) is 11.9. The Morgan fingerprint density at radius 1 is 1.33 bits per heavy atom. The molecule has 0 aromatic carbocycles. The van der Waals surface area contributed by atoms with Crippen LogP contribution < -0.4 is 5.32 Å². The van der Waals surface area contributed by atoms with Crippen molar-refractivity contribution in [3.05, 3.63) is 18.2 Å². The summed E-state index contributed by atoms with van der Waals surface area (Å²) in [6, 6.07) is 0.659. The zero-order valence-electron chi connectivity index (χ0n) is 11.9. The molecular weight excluding hydrogens is 222 g/mol. The minimum Gasteiger partial charge on any atom is -0.334 e. The maximum Gasteiger partial charge on any atom is 0.105 e. The fourth-order valence-corrected chi connectivity index (χ4v) is 3.03. The molecule has 1 heterocycles. The zero-order chi connectivity index (χ0) is 12.8. The van der Waals surface area contributed by atoms with E-state index in [1.807, 2.05) is 6.20 Å². The lowest BCUT2D eigenvalue weighted by molar-refractivity contribution is 0.334. The van der Waals surface area contributed by atoms with Gasteiger partial charge >= 0.3 is 0 Å². The highest BCUT2D eigenvalue weighted by Crippen LogP contribution is 2.25. The molecule has 18 heavy (non-hydrogen) atoms. The number of rotatable bonds is 5. The van der Waals surface area contributed by atoms with E-state index in [0.717, 1.165) is 24.8 Å². The third-order valence-corrected chi connectivity index (χ3v) is 4.35. The molecule has 1 saturated carbocycles. The van der Waals surface area contributed by atoms with E-state index in [-0.39, 0.29) is 0 Å². The Bertz CT molecular complexity index is 337. The highest BCUT2D eigenvalue weighted by Gasteiger charge is 2.18. The predicted molar refractivity (Wildman–Crippen MR) is 75.6 cm³/mol. The van der Waals surface area contributed by atoms with Crippen molar-refractivity contribution in [2.24, 2.45) is 5.92 Å². The highest BCUT2D eigenvalue weighted by atomic mass is 15.1. The van der Waals surface area contributed by atoms with E-state index in [1.54, 1.807) is 0 Å². The molecule has 1 aliphatic rings. The van der Waals surface area contributed by atoms with Gasteiger partial charge in [0.05, 0.1) is 0 Å². The summed E-state index contributed by atoms with van der Waals surface area (Å²) in [6.07, 6.45) is 12.5. The number of hydrogen-bond donors (Lipinski definition) is 1. The molecule has 0 bridgehead atoms. The van der Waals surface area contributed by atoms with Crippen LogP contribution in [0, 0.1) is 12.8 Å². The lowest BCUT2D eigenvalue weighted by Crippen LogP contribution is -2.35. The molecule has 0 amide bonds. The van der Waals surface area contributed by atoms with Crippen molar-refractivity contribution in [2.45, 2.75) is 65.0 Å². The molecule has 0 radical (unpaired) electrons. The van der Waals surface area contributed by atoms with Gasteiger partial charge in [0.15, 0.2) is 0 Å². The van der Waals surface area contributed by atoms with Gasteiger partial charge in [0.1, 0.15) is 5.82 Å². The molecule has 0 aliphatic heterocycles. The van der Waals surface area contributed by atoms with Crippen LogP contribution in [0.1, 0.15) is 51.3 Å². The standard InChI is InChI=1S/C15H27N3/c1-13(15-7-5-3-4-6-8-15)16-9-11-18-12-10-17-14(18)2/h10,12-13,15-16H,3-9,11H2,1-2H3/t13-/m1/s1. The van der Waals surface area contributed by atoms with E-state index >= 15 is 0 Å². The summed E-state index contributed by atoms with van der Waals surface area (Å²) in [6.45, 7) is 6.50. The Morgan fingerprint density at radius 2 is 2.06 bits per heavy atom. The van der Waals surface area contributed by atoms with Gasteiger partial charge < -0.3 is 9.88 Å².